The number of halogens is 11. The van der Waals surface area contributed by atoms with E-state index >= 15 is 0 Å². The van der Waals surface area contributed by atoms with E-state index in [1.165, 1.54) is 120 Å². The zero-order valence-electron chi connectivity index (χ0n) is 31.5. The van der Waals surface area contributed by atoms with Crippen LogP contribution in [0.4, 0.5) is 17.6 Å². The van der Waals surface area contributed by atoms with Crippen molar-refractivity contribution in [3.05, 3.63) is 75.8 Å². The predicted octanol–water partition coefficient (Wildman–Crippen LogP) is 15.5. The van der Waals surface area contributed by atoms with Crippen LogP contribution in [0.3, 0.4) is 0 Å². The maximum atomic E-state index is 13.4. The third kappa shape index (κ3) is 22.9. The van der Waals surface area contributed by atoms with Crippen molar-refractivity contribution < 1.29 is 38.5 Å². The molecule has 0 saturated heterocycles. The van der Waals surface area contributed by atoms with Crippen LogP contribution in [0.1, 0.15) is 144 Å². The Hall–Kier alpha value is 2.43. The number of carbonyl (C=O) groups excluding carboxylic acids is 1. The van der Waals surface area contributed by atoms with Gasteiger partial charge in [0.2, 0.25) is 0 Å². The van der Waals surface area contributed by atoms with Crippen LogP contribution in [0.2, 0.25) is 0 Å². The molecule has 2 aromatic carbocycles. The van der Waals surface area contributed by atoms with E-state index in [0.29, 0.717) is 23.5 Å². The van der Waals surface area contributed by atoms with Gasteiger partial charge in [-0.25, -0.2) is 17.6 Å². The Kier molecular flexibility index (Phi) is 32.5. The van der Waals surface area contributed by atoms with Gasteiger partial charge in [-0.3, -0.25) is 4.79 Å². The molecule has 4 aliphatic rings. The quantitative estimate of drug-likeness (QED) is 0.153. The second kappa shape index (κ2) is 32.2. The molecule has 0 radical (unpaired) electrons. The Morgan fingerprint density at radius 2 is 1.04 bits per heavy atom. The summed E-state index contributed by atoms with van der Waals surface area (Å²) >= 11 is 12.5. The van der Waals surface area contributed by atoms with Crippen LogP contribution in [0.5, 0.6) is 0 Å². The fourth-order valence-electron chi connectivity index (χ4n) is 8.05. The molecule has 0 aromatic heterocycles. The molecule has 0 spiro atoms. The second-order valence-corrected chi connectivity index (χ2v) is 32.7. The molecule has 0 N–H and O–H groups in total. The SMILES string of the molecule is CC1CCC(CCC2CC=C(c3ccc(F)c(F)c3)CC2)CC1.CC1CCC(CCC2CCC(=O)CC2)CC1.Fc1ccc(Br)cc1F.I.II.I[I-]I.[HH].[HH]. The smallest absolute Gasteiger partial charge is 0 e. The van der Waals surface area contributed by atoms with Gasteiger partial charge in [0.05, 0.1) is 0 Å². The number of allylic oxidation sites excluding steroid dienone is 2. The van der Waals surface area contributed by atoms with Crippen molar-refractivity contribution in [3.63, 3.8) is 0 Å². The standard InChI is InChI=1S/C21H28F2.C15H26O.C6H3BrF2.I3.I2.HI.2H2/c1-15-2-4-16(5-3-15)6-7-17-8-10-18(11-9-17)19-12-13-20(22)21(23)14-19;1-12-2-4-13(5-3-12)6-7-14-8-10-15(16)11-9-14;7-4-1-2-5(8)6(9)3-4;1-3-2;1-2;;;/h10,12-17H,2-9,11H2,1H3;12-14H,2-11H2,1H3;1-3H;;;3*1H/q;;;-1;;;;. The number of hydrogen-bond acceptors (Lipinski definition) is 1. The van der Waals surface area contributed by atoms with E-state index in [-0.39, 0.29) is 26.8 Å². The molecule has 0 amide bonds. The zero-order chi connectivity index (χ0) is 39.2. The molecule has 54 heavy (non-hydrogen) atoms. The summed E-state index contributed by atoms with van der Waals surface area (Å²) in [7, 11) is 0. The molecule has 12 heteroatoms. The Bertz CT molecular complexity index is 1350. The third-order valence-electron chi connectivity index (χ3n) is 11.6. The summed E-state index contributed by atoms with van der Waals surface area (Å²) in [5.41, 5.74) is 2.04. The van der Waals surface area contributed by atoms with Crippen molar-refractivity contribution in [1.82, 2.24) is 0 Å². The maximum absolute atomic E-state index is 13.4. The first-order valence-corrected chi connectivity index (χ1v) is 38.9. The molecule has 4 aliphatic carbocycles. The molecule has 1 atom stereocenters. The molecule has 3 fully saturated rings. The summed E-state index contributed by atoms with van der Waals surface area (Å²) in [6.07, 6.45) is 26.7. The zero-order valence-corrected chi connectivity index (χ0v) is 46.2. The first kappa shape index (κ1) is 54.4. The van der Waals surface area contributed by atoms with Gasteiger partial charge < -0.3 is 0 Å². The molecular formula is C42H62BrF4I6O-. The monoisotopic (exact) mass is 1500 g/mol. The van der Waals surface area contributed by atoms with Crippen molar-refractivity contribution in [2.45, 2.75) is 136 Å². The molecular weight excluding hydrogens is 1440 g/mol. The molecule has 314 valence electrons. The van der Waals surface area contributed by atoms with E-state index < -0.39 is 23.3 Å². The van der Waals surface area contributed by atoms with Crippen LogP contribution in [0.15, 0.2) is 46.9 Å². The Balaban J connectivity index is 0. The first-order chi connectivity index (χ1) is 25.5. The molecule has 6 rings (SSSR count). The molecule has 0 heterocycles. The molecule has 2 aromatic rings. The van der Waals surface area contributed by atoms with Gasteiger partial charge in [-0.15, -0.1) is 24.0 Å². The van der Waals surface area contributed by atoms with Gasteiger partial charge in [-0.05, 0) is 116 Å². The third-order valence-corrected chi connectivity index (χ3v) is 12.1. The van der Waals surface area contributed by atoms with Crippen LogP contribution in [-0.2, 0) is 4.79 Å². The molecule has 1 nitrogen and oxygen atoms in total. The predicted molar refractivity (Wildman–Crippen MR) is 269 cm³/mol. The van der Waals surface area contributed by atoms with E-state index in [1.807, 2.05) is 0 Å². The summed E-state index contributed by atoms with van der Waals surface area (Å²) in [4.78, 5) is 11.2. The summed E-state index contributed by atoms with van der Waals surface area (Å²) in [6.45, 7) is 4.77. The number of rotatable bonds is 7. The van der Waals surface area contributed by atoms with Crippen molar-refractivity contribution in [2.24, 2.45) is 35.5 Å². The van der Waals surface area contributed by atoms with Gasteiger partial charge in [0.25, 0.3) is 0 Å². The van der Waals surface area contributed by atoms with E-state index in [0.717, 1.165) is 78.9 Å². The average molecular weight is 1500 g/mol. The fourth-order valence-corrected chi connectivity index (χ4v) is 8.38. The first-order valence-electron chi connectivity index (χ1n) is 19.2. The number of Topliss-reactive ketones (excluding diaryl/α,β-unsaturated/α-hetero) is 1. The minimum Gasteiger partial charge on any atom is 0 e. The second-order valence-electron chi connectivity index (χ2n) is 15.5. The van der Waals surface area contributed by atoms with Gasteiger partial charge in [-0.1, -0.05) is 113 Å². The molecule has 0 bridgehead atoms. The van der Waals surface area contributed by atoms with Crippen molar-refractivity contribution in [3.8, 4) is 0 Å². The largest absolute Gasteiger partial charge is 0 e. The minimum absolute atomic E-state index is 0. The van der Waals surface area contributed by atoms with Crippen LogP contribution in [0, 0.1) is 58.8 Å². The summed E-state index contributed by atoms with van der Waals surface area (Å²) in [6, 6.07) is 7.87. The average Bonchev–Trinajstić information content (AvgIpc) is 3.16. The molecule has 1 unspecified atom stereocenters. The topological polar surface area (TPSA) is 17.1 Å². The van der Waals surface area contributed by atoms with Gasteiger partial charge >= 0.3 is 50.5 Å². The van der Waals surface area contributed by atoms with E-state index in [1.54, 1.807) is 6.07 Å². The maximum Gasteiger partial charge on any atom is 0 e. The van der Waals surface area contributed by atoms with E-state index in [2.05, 4.69) is 110 Å². The van der Waals surface area contributed by atoms with Gasteiger partial charge in [0.15, 0.2) is 23.3 Å². The number of benzene rings is 2. The van der Waals surface area contributed by atoms with Gasteiger partial charge in [0, 0.05) is 57.4 Å². The van der Waals surface area contributed by atoms with E-state index in [9.17, 15) is 22.4 Å². The summed E-state index contributed by atoms with van der Waals surface area (Å²) in [5, 5.41) is 0. The van der Waals surface area contributed by atoms with Gasteiger partial charge in [-0.2, -0.15) is 0 Å². The minimum atomic E-state index is -0.829. The Labute approximate surface area is 405 Å². The number of hydrogen-bond donors (Lipinski definition) is 0. The van der Waals surface area contributed by atoms with Crippen LogP contribution >= 0.6 is 114 Å². The van der Waals surface area contributed by atoms with Crippen LogP contribution in [0.25, 0.3) is 5.57 Å². The fraction of sp³-hybridized carbons (Fsp3) is 0.643. The van der Waals surface area contributed by atoms with Crippen LogP contribution in [-0.4, -0.2) is 5.78 Å². The normalized spacial score (nSPS) is 24.0. The summed E-state index contributed by atoms with van der Waals surface area (Å²) < 4.78 is 51.2. The van der Waals surface area contributed by atoms with Crippen molar-refractivity contribution in [1.29, 1.82) is 0 Å². The Morgan fingerprint density at radius 1 is 0.630 bits per heavy atom. The van der Waals surface area contributed by atoms with E-state index in [4.69, 9.17) is 0 Å². The molecule has 0 aliphatic heterocycles. The number of ketones is 1. The van der Waals surface area contributed by atoms with Crippen LogP contribution < -0.4 is 13.3 Å². The number of carbonyl (C=O) groups is 1. The molecule has 3 saturated carbocycles. The van der Waals surface area contributed by atoms with Gasteiger partial charge in [0.1, 0.15) is 5.78 Å². The van der Waals surface area contributed by atoms with Crippen molar-refractivity contribution in [2.75, 3.05) is 0 Å². The van der Waals surface area contributed by atoms with Crippen molar-refractivity contribution >= 4 is 126 Å². The summed E-state index contributed by atoms with van der Waals surface area (Å²) in [5.74, 6) is 2.87. The Morgan fingerprint density at radius 3 is 1.44 bits per heavy atom.